The molecule has 4 aromatic rings. The number of hydrogen-bond acceptors (Lipinski definition) is 8. The summed E-state index contributed by atoms with van der Waals surface area (Å²) < 4.78 is 11.3. The number of nitrogens with zero attached hydrogens (tertiary/aromatic N) is 4. The second kappa shape index (κ2) is 9.63. The minimum Gasteiger partial charge on any atom is -0.403 e. The van der Waals surface area contributed by atoms with Crippen molar-refractivity contribution in [3.8, 4) is 11.5 Å². The molecular formula is C27H24N6O3. The van der Waals surface area contributed by atoms with E-state index in [9.17, 15) is 4.79 Å². The maximum Gasteiger partial charge on any atom is 0.317 e. The molecule has 180 valence electrons. The lowest BCUT2D eigenvalue weighted by Gasteiger charge is -2.28. The second-order valence-electron chi connectivity index (χ2n) is 8.48. The highest BCUT2D eigenvalue weighted by Crippen LogP contribution is 2.27. The van der Waals surface area contributed by atoms with E-state index in [1.165, 1.54) is 0 Å². The summed E-state index contributed by atoms with van der Waals surface area (Å²) in [6, 6.07) is 25.4. The lowest BCUT2D eigenvalue weighted by Crippen LogP contribution is -2.36. The summed E-state index contributed by atoms with van der Waals surface area (Å²) in [6.07, 6.45) is -0.954. The zero-order valence-electron chi connectivity index (χ0n) is 19.4. The molecule has 3 aromatic carbocycles. The maximum atomic E-state index is 13.0. The summed E-state index contributed by atoms with van der Waals surface area (Å²) in [5.41, 5.74) is 5.05. The Balaban J connectivity index is 1.25. The van der Waals surface area contributed by atoms with Gasteiger partial charge in [0.05, 0.1) is 24.6 Å². The molecule has 9 nitrogen and oxygen atoms in total. The predicted molar refractivity (Wildman–Crippen MR) is 137 cm³/mol. The Bertz CT molecular complexity index is 1390. The van der Waals surface area contributed by atoms with Gasteiger partial charge in [-0.15, -0.1) is 5.10 Å². The molecule has 1 saturated heterocycles. The average molecular weight is 481 g/mol. The number of aliphatic imine (C=N–C) groups is 1. The van der Waals surface area contributed by atoms with Gasteiger partial charge in [-0.1, -0.05) is 53.6 Å². The fourth-order valence-electron chi connectivity index (χ4n) is 4.33. The first-order valence-corrected chi connectivity index (χ1v) is 11.8. The molecular weight excluding hydrogens is 456 g/mol. The number of para-hydroxylation sites is 1. The Kier molecular flexibility index (Phi) is 5.88. The van der Waals surface area contributed by atoms with Crippen LogP contribution in [0.4, 0.5) is 17.4 Å². The number of benzodiazepines with no additional fused rings is 1. The van der Waals surface area contributed by atoms with Crippen LogP contribution in [0, 0.1) is 0 Å². The van der Waals surface area contributed by atoms with Crippen molar-refractivity contribution in [1.82, 2.24) is 10.2 Å². The van der Waals surface area contributed by atoms with E-state index in [-0.39, 0.29) is 11.9 Å². The minimum absolute atomic E-state index is 0.115. The Labute approximate surface area is 207 Å². The predicted octanol–water partition coefficient (Wildman–Crippen LogP) is 3.80. The highest BCUT2D eigenvalue weighted by Gasteiger charge is 2.27. The molecule has 1 atom stereocenters. The molecule has 1 aromatic heterocycles. The summed E-state index contributed by atoms with van der Waals surface area (Å²) in [4.78, 5) is 20.1. The van der Waals surface area contributed by atoms with Crippen LogP contribution in [-0.2, 0) is 9.53 Å². The van der Waals surface area contributed by atoms with E-state index in [1.54, 1.807) is 0 Å². The average Bonchev–Trinajstić information content (AvgIpc) is 3.36. The number of nitrogens with one attached hydrogen (secondary N) is 2. The van der Waals surface area contributed by atoms with E-state index < -0.39 is 6.17 Å². The number of morpholine rings is 1. The molecule has 3 heterocycles. The molecule has 0 spiro atoms. The van der Waals surface area contributed by atoms with E-state index in [4.69, 9.17) is 14.1 Å². The maximum absolute atomic E-state index is 13.0. The van der Waals surface area contributed by atoms with Crippen LogP contribution in [-0.4, -0.2) is 54.3 Å². The number of anilines is 3. The molecule has 36 heavy (non-hydrogen) atoms. The molecule has 0 unspecified atom stereocenters. The smallest absolute Gasteiger partial charge is 0.317 e. The van der Waals surface area contributed by atoms with Crippen molar-refractivity contribution in [1.29, 1.82) is 0 Å². The van der Waals surface area contributed by atoms with E-state index in [0.29, 0.717) is 17.3 Å². The van der Waals surface area contributed by atoms with Crippen LogP contribution >= 0.6 is 0 Å². The summed E-state index contributed by atoms with van der Waals surface area (Å²) in [6.45, 7) is 3.20. The van der Waals surface area contributed by atoms with Crippen LogP contribution in [0.15, 0.2) is 88.3 Å². The van der Waals surface area contributed by atoms with Crippen LogP contribution in [0.2, 0.25) is 0 Å². The molecule has 6 rings (SSSR count). The second-order valence-corrected chi connectivity index (χ2v) is 8.48. The first-order valence-electron chi connectivity index (χ1n) is 11.8. The number of ether oxygens (including phenoxy) is 1. The summed E-state index contributed by atoms with van der Waals surface area (Å²) in [5, 5.41) is 14.2. The molecule has 2 aliphatic rings. The molecule has 2 aliphatic heterocycles. The largest absolute Gasteiger partial charge is 0.403 e. The summed E-state index contributed by atoms with van der Waals surface area (Å²) >= 11 is 0. The number of fused-ring (bicyclic) bond motifs is 1. The number of aromatic nitrogens is 2. The Morgan fingerprint density at radius 2 is 1.61 bits per heavy atom. The number of carbonyl (C=O) groups excluding carboxylic acids is 1. The lowest BCUT2D eigenvalue weighted by molar-refractivity contribution is -0.116. The van der Waals surface area contributed by atoms with Crippen LogP contribution in [0.5, 0.6) is 0 Å². The van der Waals surface area contributed by atoms with Crippen molar-refractivity contribution >= 4 is 29.0 Å². The van der Waals surface area contributed by atoms with Gasteiger partial charge in [0.2, 0.25) is 12.1 Å². The number of rotatable bonds is 5. The van der Waals surface area contributed by atoms with Crippen LogP contribution < -0.4 is 15.5 Å². The molecule has 0 aliphatic carbocycles. The first kappa shape index (κ1) is 22.0. The lowest BCUT2D eigenvalue weighted by atomic mass is 10.0. The highest BCUT2D eigenvalue weighted by molar-refractivity contribution is 6.19. The number of benzene rings is 3. The van der Waals surface area contributed by atoms with Crippen molar-refractivity contribution in [2.24, 2.45) is 4.99 Å². The van der Waals surface area contributed by atoms with Gasteiger partial charge in [-0.25, -0.2) is 4.99 Å². The summed E-state index contributed by atoms with van der Waals surface area (Å²) in [7, 11) is 0. The van der Waals surface area contributed by atoms with Crippen molar-refractivity contribution in [2.45, 2.75) is 6.17 Å². The van der Waals surface area contributed by atoms with E-state index in [2.05, 4.69) is 25.7 Å². The number of carbonyl (C=O) groups is 1. The van der Waals surface area contributed by atoms with Gasteiger partial charge in [0.15, 0.2) is 0 Å². The molecule has 0 bridgehead atoms. The van der Waals surface area contributed by atoms with Crippen molar-refractivity contribution in [2.75, 3.05) is 41.8 Å². The van der Waals surface area contributed by atoms with Gasteiger partial charge >= 0.3 is 6.01 Å². The fourth-order valence-corrected chi connectivity index (χ4v) is 4.33. The van der Waals surface area contributed by atoms with Gasteiger partial charge < -0.3 is 24.7 Å². The van der Waals surface area contributed by atoms with Crippen LogP contribution in [0.25, 0.3) is 11.5 Å². The Morgan fingerprint density at radius 3 is 2.42 bits per heavy atom. The fraction of sp³-hybridized carbons (Fsp3) is 0.185. The topological polar surface area (TPSA) is 105 Å². The molecule has 9 heteroatoms. The SMILES string of the molecule is O=C1Nc2ccccc2C(c2ccccc2)=N[C@@H]1Nc1nnc(-c2ccc(N3CCOCC3)cc2)o1. The van der Waals surface area contributed by atoms with Gasteiger partial charge in [-0.05, 0) is 30.3 Å². The highest BCUT2D eigenvalue weighted by atomic mass is 16.5. The van der Waals surface area contributed by atoms with Gasteiger partial charge in [0.25, 0.3) is 5.91 Å². The van der Waals surface area contributed by atoms with Crippen LogP contribution in [0.1, 0.15) is 11.1 Å². The third-order valence-corrected chi connectivity index (χ3v) is 6.17. The number of amides is 1. The van der Waals surface area contributed by atoms with Gasteiger partial charge in [0.1, 0.15) is 0 Å². The Hall–Kier alpha value is -4.50. The van der Waals surface area contributed by atoms with Crippen molar-refractivity contribution in [3.63, 3.8) is 0 Å². The molecule has 1 fully saturated rings. The number of hydrogen-bond donors (Lipinski definition) is 2. The van der Waals surface area contributed by atoms with Crippen molar-refractivity contribution in [3.05, 3.63) is 90.0 Å². The first-order chi connectivity index (χ1) is 17.7. The van der Waals surface area contributed by atoms with Gasteiger partial charge in [0, 0.05) is 35.5 Å². The quantitative estimate of drug-likeness (QED) is 0.448. The van der Waals surface area contributed by atoms with E-state index in [1.807, 2.05) is 78.9 Å². The Morgan fingerprint density at radius 1 is 0.861 bits per heavy atom. The normalized spacial score (nSPS) is 17.6. The third-order valence-electron chi connectivity index (χ3n) is 6.17. The monoisotopic (exact) mass is 480 g/mol. The van der Waals surface area contributed by atoms with Gasteiger partial charge in [-0.2, -0.15) is 0 Å². The minimum atomic E-state index is -0.954. The van der Waals surface area contributed by atoms with Gasteiger partial charge in [-0.3, -0.25) is 4.79 Å². The van der Waals surface area contributed by atoms with Crippen molar-refractivity contribution < 1.29 is 13.9 Å². The molecule has 1 amide bonds. The van der Waals surface area contributed by atoms with E-state index in [0.717, 1.165) is 48.7 Å². The third kappa shape index (κ3) is 4.44. The molecule has 0 saturated carbocycles. The van der Waals surface area contributed by atoms with Crippen LogP contribution in [0.3, 0.4) is 0 Å². The summed E-state index contributed by atoms with van der Waals surface area (Å²) in [5.74, 6) is 0.0404. The molecule has 0 radical (unpaired) electrons. The standard InChI is InChI=1S/C27H24N6O3/c34-25-24(29-23(18-6-2-1-3-7-18)21-8-4-5-9-22(21)28-25)30-27-32-31-26(36-27)19-10-12-20(13-11-19)33-14-16-35-17-15-33/h1-13,24H,14-17H2,(H,28,34)(H,30,32)/t24-/m1/s1. The van der Waals surface area contributed by atoms with E-state index >= 15 is 0 Å². The zero-order chi connectivity index (χ0) is 24.3. The molecule has 2 N–H and O–H groups in total. The zero-order valence-corrected chi connectivity index (χ0v) is 19.4.